The molecule has 0 spiro atoms. The van der Waals surface area contributed by atoms with Gasteiger partial charge in [-0.25, -0.2) is 4.68 Å². The lowest BCUT2D eigenvalue weighted by Crippen LogP contribution is -2.38. The molecule has 1 fully saturated rings. The second kappa shape index (κ2) is 5.61. The Balaban J connectivity index is 1.87. The van der Waals surface area contributed by atoms with Gasteiger partial charge in [0.2, 0.25) is 0 Å². The van der Waals surface area contributed by atoms with Crippen LogP contribution < -0.4 is 5.32 Å². The summed E-state index contributed by atoms with van der Waals surface area (Å²) in [6, 6.07) is 0.635. The van der Waals surface area contributed by atoms with E-state index in [1.54, 1.807) is 0 Å². The molecule has 4 nitrogen and oxygen atoms in total. The van der Waals surface area contributed by atoms with Crippen LogP contribution in [0.15, 0.2) is 6.20 Å². The normalized spacial score (nSPS) is 28.6. The lowest BCUT2D eigenvalue weighted by atomic mass is 9.80. The molecular formula is C15H28N4. The summed E-state index contributed by atoms with van der Waals surface area (Å²) in [4.78, 5) is 0. The first kappa shape index (κ1) is 14.5. The van der Waals surface area contributed by atoms with Gasteiger partial charge in [-0.15, -0.1) is 5.10 Å². The van der Waals surface area contributed by atoms with Crippen molar-refractivity contribution in [3.05, 3.63) is 11.9 Å². The van der Waals surface area contributed by atoms with Crippen molar-refractivity contribution >= 4 is 0 Å². The van der Waals surface area contributed by atoms with Crippen LogP contribution in [0, 0.1) is 11.8 Å². The highest BCUT2D eigenvalue weighted by Gasteiger charge is 2.25. The van der Waals surface area contributed by atoms with Gasteiger partial charge < -0.3 is 5.32 Å². The van der Waals surface area contributed by atoms with Gasteiger partial charge in [0.05, 0.1) is 17.4 Å². The number of rotatable bonds is 3. The SMILES string of the molecule is CC1CCC(NCc2cn(C(C)(C)C)nn2)C(C)C1. The van der Waals surface area contributed by atoms with E-state index in [-0.39, 0.29) is 5.54 Å². The van der Waals surface area contributed by atoms with Crippen molar-refractivity contribution in [2.24, 2.45) is 11.8 Å². The van der Waals surface area contributed by atoms with Crippen LogP contribution in [0.2, 0.25) is 0 Å². The Morgan fingerprint density at radius 3 is 2.63 bits per heavy atom. The van der Waals surface area contributed by atoms with Crippen molar-refractivity contribution in [3.63, 3.8) is 0 Å². The van der Waals surface area contributed by atoms with E-state index >= 15 is 0 Å². The lowest BCUT2D eigenvalue weighted by Gasteiger charge is -2.33. The molecule has 4 heteroatoms. The maximum atomic E-state index is 4.26. The lowest BCUT2D eigenvalue weighted by molar-refractivity contribution is 0.226. The highest BCUT2D eigenvalue weighted by molar-refractivity contribution is 4.95. The first-order valence-electron chi connectivity index (χ1n) is 7.51. The van der Waals surface area contributed by atoms with E-state index in [1.165, 1.54) is 19.3 Å². The van der Waals surface area contributed by atoms with Crippen molar-refractivity contribution in [1.29, 1.82) is 0 Å². The van der Waals surface area contributed by atoms with Gasteiger partial charge in [-0.2, -0.15) is 0 Å². The van der Waals surface area contributed by atoms with Crippen LogP contribution in [0.25, 0.3) is 0 Å². The van der Waals surface area contributed by atoms with E-state index in [0.717, 1.165) is 24.1 Å². The van der Waals surface area contributed by atoms with E-state index in [1.807, 2.05) is 4.68 Å². The third-order valence-electron chi connectivity index (χ3n) is 4.21. The number of nitrogens with one attached hydrogen (secondary N) is 1. The average molecular weight is 264 g/mol. The Bertz CT molecular complexity index is 405. The minimum Gasteiger partial charge on any atom is -0.308 e. The molecule has 1 aliphatic rings. The standard InChI is InChI=1S/C15H28N4/c1-11-6-7-14(12(2)8-11)16-9-13-10-19(18-17-13)15(3,4)5/h10-12,14,16H,6-9H2,1-5H3. The summed E-state index contributed by atoms with van der Waals surface area (Å²) < 4.78 is 1.94. The van der Waals surface area contributed by atoms with Crippen LogP contribution in [0.4, 0.5) is 0 Å². The van der Waals surface area contributed by atoms with Gasteiger partial charge in [0.1, 0.15) is 0 Å². The van der Waals surface area contributed by atoms with Crippen LogP contribution in [-0.4, -0.2) is 21.0 Å². The third-order valence-corrected chi connectivity index (χ3v) is 4.21. The second-order valence-corrected chi connectivity index (χ2v) is 7.21. The zero-order valence-corrected chi connectivity index (χ0v) is 13.0. The van der Waals surface area contributed by atoms with Gasteiger partial charge in [0, 0.05) is 12.6 Å². The number of aromatic nitrogens is 3. The fraction of sp³-hybridized carbons (Fsp3) is 0.867. The van der Waals surface area contributed by atoms with E-state index in [4.69, 9.17) is 0 Å². The molecule has 19 heavy (non-hydrogen) atoms. The molecule has 1 aromatic heterocycles. The van der Waals surface area contributed by atoms with Crippen molar-refractivity contribution < 1.29 is 0 Å². The minimum absolute atomic E-state index is 0.0127. The van der Waals surface area contributed by atoms with Crippen LogP contribution >= 0.6 is 0 Å². The predicted molar refractivity (Wildman–Crippen MR) is 77.8 cm³/mol. The summed E-state index contributed by atoms with van der Waals surface area (Å²) in [5.74, 6) is 1.65. The van der Waals surface area contributed by atoms with Gasteiger partial charge in [-0.1, -0.05) is 19.1 Å². The van der Waals surface area contributed by atoms with E-state index < -0.39 is 0 Å². The van der Waals surface area contributed by atoms with Crippen molar-refractivity contribution in [2.45, 2.75) is 72.0 Å². The molecule has 0 bridgehead atoms. The molecule has 1 aliphatic carbocycles. The zero-order valence-electron chi connectivity index (χ0n) is 13.0. The first-order chi connectivity index (χ1) is 8.86. The Morgan fingerprint density at radius 1 is 1.32 bits per heavy atom. The van der Waals surface area contributed by atoms with Gasteiger partial charge in [-0.3, -0.25) is 0 Å². The van der Waals surface area contributed by atoms with Gasteiger partial charge in [0.15, 0.2) is 0 Å². The molecule has 0 aromatic carbocycles. The van der Waals surface area contributed by atoms with Crippen LogP contribution in [0.1, 0.15) is 59.6 Å². The van der Waals surface area contributed by atoms with Gasteiger partial charge >= 0.3 is 0 Å². The fourth-order valence-electron chi connectivity index (χ4n) is 2.91. The monoisotopic (exact) mass is 264 g/mol. The molecule has 0 amide bonds. The van der Waals surface area contributed by atoms with Gasteiger partial charge in [0.25, 0.3) is 0 Å². The predicted octanol–water partition coefficient (Wildman–Crippen LogP) is 2.95. The summed E-state index contributed by atoms with van der Waals surface area (Å²) in [5.41, 5.74) is 1.06. The van der Waals surface area contributed by atoms with E-state index in [0.29, 0.717) is 6.04 Å². The van der Waals surface area contributed by atoms with Crippen LogP contribution in [-0.2, 0) is 12.1 Å². The maximum Gasteiger partial charge on any atom is 0.0965 e. The molecule has 0 saturated heterocycles. The third kappa shape index (κ3) is 3.78. The average Bonchev–Trinajstić information content (AvgIpc) is 2.76. The second-order valence-electron chi connectivity index (χ2n) is 7.21. The maximum absolute atomic E-state index is 4.26. The summed E-state index contributed by atoms with van der Waals surface area (Å²) in [5, 5.41) is 12.1. The molecule has 0 aliphatic heterocycles. The fourth-order valence-corrected chi connectivity index (χ4v) is 2.91. The van der Waals surface area contributed by atoms with Crippen LogP contribution in [0.3, 0.4) is 0 Å². The van der Waals surface area contributed by atoms with Crippen molar-refractivity contribution in [2.75, 3.05) is 0 Å². The van der Waals surface area contributed by atoms with Crippen molar-refractivity contribution in [1.82, 2.24) is 20.3 Å². The molecular weight excluding hydrogens is 236 g/mol. The Morgan fingerprint density at radius 2 is 2.05 bits per heavy atom. The summed E-state index contributed by atoms with van der Waals surface area (Å²) in [6.45, 7) is 12.0. The number of nitrogens with zero attached hydrogens (tertiary/aromatic N) is 3. The molecule has 3 atom stereocenters. The molecule has 0 radical (unpaired) electrons. The van der Waals surface area contributed by atoms with Crippen molar-refractivity contribution in [3.8, 4) is 0 Å². The Labute approximate surface area is 117 Å². The highest BCUT2D eigenvalue weighted by atomic mass is 15.4. The smallest absolute Gasteiger partial charge is 0.0965 e. The Kier molecular flexibility index (Phi) is 4.29. The number of hydrogen-bond donors (Lipinski definition) is 1. The molecule has 1 saturated carbocycles. The molecule has 3 unspecified atom stereocenters. The largest absolute Gasteiger partial charge is 0.308 e. The first-order valence-corrected chi connectivity index (χ1v) is 7.51. The summed E-state index contributed by atoms with van der Waals surface area (Å²) in [6.07, 6.45) is 6.03. The summed E-state index contributed by atoms with van der Waals surface area (Å²) in [7, 11) is 0. The quantitative estimate of drug-likeness (QED) is 0.912. The molecule has 2 rings (SSSR count). The highest BCUT2D eigenvalue weighted by Crippen LogP contribution is 2.28. The molecule has 1 heterocycles. The Hall–Kier alpha value is -0.900. The topological polar surface area (TPSA) is 42.7 Å². The molecule has 1 N–H and O–H groups in total. The zero-order chi connectivity index (χ0) is 14.0. The molecule has 1 aromatic rings. The minimum atomic E-state index is 0.0127. The molecule has 108 valence electrons. The summed E-state index contributed by atoms with van der Waals surface area (Å²) >= 11 is 0. The van der Waals surface area contributed by atoms with E-state index in [2.05, 4.69) is 56.4 Å². The van der Waals surface area contributed by atoms with E-state index in [9.17, 15) is 0 Å². The number of hydrogen-bond acceptors (Lipinski definition) is 3. The van der Waals surface area contributed by atoms with Gasteiger partial charge in [-0.05, 0) is 51.9 Å². The van der Waals surface area contributed by atoms with Crippen LogP contribution in [0.5, 0.6) is 0 Å².